The molecule has 218 valence electrons. The Hall–Kier alpha value is -4.64. The molecule has 0 unspecified atom stereocenters. The van der Waals surface area contributed by atoms with E-state index in [1.807, 2.05) is 30.0 Å². The number of nitrogens with zero attached hydrogens (tertiary/aromatic N) is 3. The average molecular weight is 571 g/mol. The first kappa shape index (κ1) is 27.5. The number of aryl methyl sites for hydroxylation is 1. The summed E-state index contributed by atoms with van der Waals surface area (Å²) in [5.41, 5.74) is 10.6. The van der Waals surface area contributed by atoms with Crippen molar-refractivity contribution in [3.8, 4) is 28.5 Å². The predicted molar refractivity (Wildman–Crippen MR) is 160 cm³/mol. The van der Waals surface area contributed by atoms with Crippen LogP contribution in [0.4, 0.5) is 0 Å². The van der Waals surface area contributed by atoms with Crippen LogP contribution < -0.4 is 25.3 Å². The van der Waals surface area contributed by atoms with E-state index in [4.69, 9.17) is 24.9 Å². The summed E-state index contributed by atoms with van der Waals surface area (Å²) in [6.07, 6.45) is 0. The summed E-state index contributed by atoms with van der Waals surface area (Å²) in [5, 5.41) is 4.93. The molecule has 4 aromatic rings. The molecule has 1 saturated heterocycles. The van der Waals surface area contributed by atoms with Gasteiger partial charge in [0, 0.05) is 59.0 Å². The van der Waals surface area contributed by atoms with Crippen LogP contribution in [-0.4, -0.2) is 77.5 Å². The van der Waals surface area contributed by atoms with E-state index in [-0.39, 0.29) is 17.7 Å². The number of hydrogen-bond donors (Lipinski definition) is 3. The average Bonchev–Trinajstić information content (AvgIpc) is 3.31. The van der Waals surface area contributed by atoms with Gasteiger partial charge in [0.15, 0.2) is 17.3 Å². The fourth-order valence-corrected chi connectivity index (χ4v) is 5.95. The third-order valence-electron chi connectivity index (χ3n) is 7.73. The van der Waals surface area contributed by atoms with Crippen LogP contribution in [0.1, 0.15) is 42.5 Å². The Labute approximate surface area is 243 Å². The van der Waals surface area contributed by atoms with Crippen molar-refractivity contribution < 1.29 is 23.8 Å². The first-order valence-corrected chi connectivity index (χ1v) is 14.0. The van der Waals surface area contributed by atoms with E-state index in [1.54, 1.807) is 20.1 Å². The number of fused-ring (bicyclic) bond motifs is 4. The van der Waals surface area contributed by atoms with Crippen molar-refractivity contribution in [2.75, 3.05) is 40.0 Å². The topological polar surface area (TPSA) is 145 Å². The number of nitrogens with one attached hydrogen (secondary N) is 2. The lowest BCUT2D eigenvalue weighted by atomic mass is 9.96. The lowest BCUT2D eigenvalue weighted by Crippen LogP contribution is -2.51. The zero-order valence-electron chi connectivity index (χ0n) is 24.4. The van der Waals surface area contributed by atoms with Crippen LogP contribution in [0.2, 0.25) is 0 Å². The number of allylic oxidation sites excluding steroid dienone is 2. The fraction of sp³-hybridized carbons (Fsp3) is 0.355. The SMILES string of the molecule is COc1cc2c(cc1C(C(C)=O)=C(C)N)[nH]c1nc(C)nc(-c3ccc(C(=O)N4CCN[C@@H](C)C4)c4c3OCCO4)c12. The smallest absolute Gasteiger partial charge is 0.257 e. The Morgan fingerprint density at radius 1 is 1.10 bits per heavy atom. The molecular weight excluding hydrogens is 536 g/mol. The van der Waals surface area contributed by atoms with Crippen molar-refractivity contribution in [1.82, 2.24) is 25.2 Å². The van der Waals surface area contributed by atoms with Gasteiger partial charge in [-0.2, -0.15) is 0 Å². The second-order valence-corrected chi connectivity index (χ2v) is 10.8. The number of benzene rings is 2. The number of methoxy groups -OCH3 is 1. The molecule has 1 fully saturated rings. The number of aromatic nitrogens is 3. The molecule has 0 aliphatic carbocycles. The van der Waals surface area contributed by atoms with E-state index < -0.39 is 0 Å². The van der Waals surface area contributed by atoms with E-state index in [0.717, 1.165) is 22.8 Å². The van der Waals surface area contributed by atoms with Gasteiger partial charge in [0.25, 0.3) is 5.91 Å². The van der Waals surface area contributed by atoms with Gasteiger partial charge in [0.2, 0.25) is 0 Å². The second kappa shape index (κ2) is 10.6. The number of ketones is 1. The zero-order valence-corrected chi connectivity index (χ0v) is 24.4. The van der Waals surface area contributed by atoms with E-state index in [2.05, 4.69) is 22.2 Å². The van der Waals surface area contributed by atoms with Gasteiger partial charge in [0.1, 0.15) is 30.4 Å². The van der Waals surface area contributed by atoms with Crippen LogP contribution >= 0.6 is 0 Å². The van der Waals surface area contributed by atoms with Crippen LogP contribution in [0.3, 0.4) is 0 Å². The highest BCUT2D eigenvalue weighted by Gasteiger charge is 2.31. The van der Waals surface area contributed by atoms with Crippen LogP contribution in [0.25, 0.3) is 38.8 Å². The molecule has 0 saturated carbocycles. The number of Topliss-reactive ketones (excluding diaryl/α,β-unsaturated/α-hetero) is 1. The molecule has 4 N–H and O–H groups in total. The summed E-state index contributed by atoms with van der Waals surface area (Å²) < 4.78 is 18.0. The summed E-state index contributed by atoms with van der Waals surface area (Å²) >= 11 is 0. The number of H-pyrrole nitrogens is 1. The standard InChI is InChI=1S/C31H34N6O5/c1-15-14-37(9-8-33-15)31(39)20-7-6-19(28-29(20)42-11-10-41-28)27-26-21-13-24(40-5)22(25(16(2)32)17(3)38)12-23(21)36-30(26)35-18(4)34-27/h6-7,12-13,15,33H,8-11,14,32H2,1-5H3,(H,34,35,36)/t15-/m0/s1. The lowest BCUT2D eigenvalue weighted by molar-refractivity contribution is -0.111. The molecule has 2 aromatic heterocycles. The molecule has 42 heavy (non-hydrogen) atoms. The van der Waals surface area contributed by atoms with Crippen LogP contribution in [-0.2, 0) is 4.79 Å². The number of ether oxygens (including phenoxy) is 3. The van der Waals surface area contributed by atoms with E-state index in [1.165, 1.54) is 6.92 Å². The van der Waals surface area contributed by atoms with E-state index >= 15 is 0 Å². The first-order valence-electron chi connectivity index (χ1n) is 14.0. The van der Waals surface area contributed by atoms with Crippen LogP contribution in [0.15, 0.2) is 30.0 Å². The Morgan fingerprint density at radius 3 is 2.55 bits per heavy atom. The van der Waals surface area contributed by atoms with E-state index in [9.17, 15) is 9.59 Å². The quantitative estimate of drug-likeness (QED) is 0.307. The molecule has 11 nitrogen and oxygen atoms in total. The fourth-order valence-electron chi connectivity index (χ4n) is 5.95. The third kappa shape index (κ3) is 4.59. The number of rotatable bonds is 5. The number of aromatic amines is 1. The number of hydrogen-bond acceptors (Lipinski definition) is 9. The van der Waals surface area contributed by atoms with Crippen molar-refractivity contribution in [2.45, 2.75) is 33.7 Å². The molecule has 2 aromatic carbocycles. The first-order chi connectivity index (χ1) is 20.2. The maximum absolute atomic E-state index is 13.6. The van der Waals surface area contributed by atoms with Crippen molar-refractivity contribution in [3.63, 3.8) is 0 Å². The van der Waals surface area contributed by atoms with Gasteiger partial charge in [-0.15, -0.1) is 0 Å². The number of carbonyl (C=O) groups excluding carboxylic acids is 2. The molecule has 1 atom stereocenters. The molecular formula is C31H34N6O5. The Bertz CT molecular complexity index is 1790. The molecule has 6 rings (SSSR count). The van der Waals surface area contributed by atoms with Crippen molar-refractivity contribution in [1.29, 1.82) is 0 Å². The van der Waals surface area contributed by atoms with E-state index in [0.29, 0.717) is 88.7 Å². The molecule has 1 amide bonds. The highest BCUT2D eigenvalue weighted by atomic mass is 16.6. The summed E-state index contributed by atoms with van der Waals surface area (Å²) in [6, 6.07) is 7.59. The van der Waals surface area contributed by atoms with Gasteiger partial charge >= 0.3 is 0 Å². The highest BCUT2D eigenvalue weighted by molar-refractivity contribution is 6.22. The number of carbonyl (C=O) groups is 2. The number of piperazine rings is 1. The van der Waals surface area contributed by atoms with Gasteiger partial charge in [-0.3, -0.25) is 9.59 Å². The van der Waals surface area contributed by atoms with Crippen molar-refractivity contribution in [3.05, 3.63) is 46.9 Å². The van der Waals surface area contributed by atoms with Gasteiger partial charge in [-0.25, -0.2) is 9.97 Å². The molecule has 0 bridgehead atoms. The number of amides is 1. The molecule has 0 radical (unpaired) electrons. The Morgan fingerprint density at radius 2 is 1.86 bits per heavy atom. The molecule has 2 aliphatic rings. The zero-order chi connectivity index (χ0) is 29.7. The monoisotopic (exact) mass is 570 g/mol. The summed E-state index contributed by atoms with van der Waals surface area (Å²) in [6.45, 7) is 9.72. The molecule has 2 aliphatic heterocycles. The lowest BCUT2D eigenvalue weighted by Gasteiger charge is -2.33. The largest absolute Gasteiger partial charge is 0.496 e. The van der Waals surface area contributed by atoms with Gasteiger partial charge in [-0.1, -0.05) is 0 Å². The van der Waals surface area contributed by atoms with Crippen LogP contribution in [0, 0.1) is 6.92 Å². The van der Waals surface area contributed by atoms with Gasteiger partial charge in [0.05, 0.1) is 23.8 Å². The predicted octanol–water partition coefficient (Wildman–Crippen LogP) is 3.58. The minimum Gasteiger partial charge on any atom is -0.496 e. The maximum Gasteiger partial charge on any atom is 0.257 e. The normalized spacial score (nSPS) is 17.4. The Kier molecular flexibility index (Phi) is 6.97. The summed E-state index contributed by atoms with van der Waals surface area (Å²) in [7, 11) is 1.56. The maximum atomic E-state index is 13.6. The molecule has 11 heteroatoms. The molecule has 0 spiro atoms. The van der Waals surface area contributed by atoms with Gasteiger partial charge < -0.3 is 35.1 Å². The third-order valence-corrected chi connectivity index (χ3v) is 7.73. The van der Waals surface area contributed by atoms with Crippen molar-refractivity contribution in [2.24, 2.45) is 5.73 Å². The number of nitrogens with two attached hydrogens (primary N) is 1. The second-order valence-electron chi connectivity index (χ2n) is 10.8. The minimum atomic E-state index is -0.159. The van der Waals surface area contributed by atoms with Crippen molar-refractivity contribution >= 4 is 39.2 Å². The highest BCUT2D eigenvalue weighted by Crippen LogP contribution is 2.46. The minimum absolute atomic E-state index is 0.0884. The van der Waals surface area contributed by atoms with Gasteiger partial charge in [-0.05, 0) is 52.0 Å². The molecule has 4 heterocycles. The summed E-state index contributed by atoms with van der Waals surface area (Å²) in [4.78, 5) is 40.9. The Balaban J connectivity index is 1.56. The summed E-state index contributed by atoms with van der Waals surface area (Å²) in [5.74, 6) is 1.71. The van der Waals surface area contributed by atoms with Crippen LogP contribution in [0.5, 0.6) is 17.2 Å².